The van der Waals surface area contributed by atoms with Gasteiger partial charge in [-0.15, -0.1) is 0 Å². The van der Waals surface area contributed by atoms with Crippen molar-refractivity contribution in [2.75, 3.05) is 6.54 Å². The molecular formula is C16H22ClN5O2. The predicted octanol–water partition coefficient (Wildman–Crippen LogP) is 3.27. The molecule has 0 aliphatic carbocycles. The second-order valence-corrected chi connectivity index (χ2v) is 7.41. The van der Waals surface area contributed by atoms with Gasteiger partial charge in [0.15, 0.2) is 5.65 Å². The molecule has 0 unspecified atom stereocenters. The van der Waals surface area contributed by atoms with Crippen LogP contribution in [0.1, 0.15) is 40.0 Å². The monoisotopic (exact) mass is 351 g/mol. The van der Waals surface area contributed by atoms with E-state index < -0.39 is 5.60 Å². The van der Waals surface area contributed by atoms with E-state index in [2.05, 4.69) is 15.1 Å². The van der Waals surface area contributed by atoms with Gasteiger partial charge in [0.25, 0.3) is 0 Å². The zero-order valence-electron chi connectivity index (χ0n) is 14.2. The van der Waals surface area contributed by atoms with Crippen molar-refractivity contribution >= 4 is 28.7 Å². The highest BCUT2D eigenvalue weighted by Crippen LogP contribution is 2.23. The highest BCUT2D eigenvalue weighted by atomic mass is 35.5. The molecule has 1 amide bonds. The second-order valence-electron chi connectivity index (χ2n) is 7.07. The third-order valence-corrected chi connectivity index (χ3v) is 4.17. The molecular weight excluding hydrogens is 330 g/mol. The maximum Gasteiger partial charge on any atom is 0.410 e. The number of rotatable bonds is 2. The summed E-state index contributed by atoms with van der Waals surface area (Å²) in [6, 6.07) is 0.0328. The zero-order chi connectivity index (χ0) is 17.3. The fourth-order valence-electron chi connectivity index (χ4n) is 2.93. The van der Waals surface area contributed by atoms with E-state index in [1.165, 1.54) is 0 Å². The summed E-state index contributed by atoms with van der Waals surface area (Å²) < 4.78 is 7.33. The average molecular weight is 352 g/mol. The maximum atomic E-state index is 12.5. The van der Waals surface area contributed by atoms with Gasteiger partial charge in [-0.25, -0.2) is 14.5 Å². The first-order chi connectivity index (χ1) is 11.3. The van der Waals surface area contributed by atoms with Gasteiger partial charge in [0, 0.05) is 12.7 Å². The minimum absolute atomic E-state index is 0.0328. The largest absolute Gasteiger partial charge is 0.444 e. The number of likely N-dealkylation sites (tertiary alicyclic amines) is 1. The fraction of sp³-hybridized carbons (Fsp3) is 0.625. The lowest BCUT2D eigenvalue weighted by Crippen LogP contribution is -2.48. The Morgan fingerprint density at radius 3 is 2.92 bits per heavy atom. The van der Waals surface area contributed by atoms with E-state index in [1.807, 2.05) is 25.7 Å². The van der Waals surface area contributed by atoms with Gasteiger partial charge in [-0.2, -0.15) is 10.1 Å². The Labute approximate surface area is 146 Å². The maximum absolute atomic E-state index is 12.5. The van der Waals surface area contributed by atoms with Crippen LogP contribution in [0.15, 0.2) is 12.4 Å². The van der Waals surface area contributed by atoms with Gasteiger partial charge in [0.2, 0.25) is 5.28 Å². The van der Waals surface area contributed by atoms with Crippen molar-refractivity contribution in [1.29, 1.82) is 0 Å². The van der Waals surface area contributed by atoms with Crippen molar-refractivity contribution in [2.45, 2.75) is 58.2 Å². The minimum atomic E-state index is -0.502. The van der Waals surface area contributed by atoms with Gasteiger partial charge in [0.1, 0.15) is 5.60 Å². The molecule has 2 aromatic heterocycles. The fourth-order valence-corrected chi connectivity index (χ4v) is 3.06. The smallest absolute Gasteiger partial charge is 0.410 e. The summed E-state index contributed by atoms with van der Waals surface area (Å²) >= 11 is 5.89. The standard InChI is InChI=1S/C16H22ClN5O2/c1-16(2,3)24-15(23)21-7-5-4-6-12(21)10-22-13-11(9-19-22)8-18-14(17)20-13/h8-9,12H,4-7,10H2,1-3H3/t12-/m0/s1. The van der Waals surface area contributed by atoms with E-state index in [0.717, 1.165) is 24.6 Å². The summed E-state index contributed by atoms with van der Waals surface area (Å²) in [7, 11) is 0. The van der Waals surface area contributed by atoms with E-state index in [9.17, 15) is 4.79 Å². The summed E-state index contributed by atoms with van der Waals surface area (Å²) in [6.45, 7) is 6.90. The number of hydrogen-bond donors (Lipinski definition) is 0. The molecule has 8 heteroatoms. The van der Waals surface area contributed by atoms with E-state index >= 15 is 0 Å². The Bertz CT molecular complexity index is 740. The SMILES string of the molecule is CC(C)(C)OC(=O)N1CCCC[C@H]1Cn1ncc2cnc(Cl)nc21. The van der Waals surface area contributed by atoms with E-state index in [-0.39, 0.29) is 17.4 Å². The van der Waals surface area contributed by atoms with Gasteiger partial charge in [0.05, 0.1) is 24.2 Å². The van der Waals surface area contributed by atoms with Crippen molar-refractivity contribution < 1.29 is 9.53 Å². The lowest BCUT2D eigenvalue weighted by atomic mass is 10.0. The lowest BCUT2D eigenvalue weighted by molar-refractivity contribution is 0.00753. The molecule has 1 aliphatic heterocycles. The second kappa shape index (κ2) is 6.55. The molecule has 0 saturated carbocycles. The molecule has 130 valence electrons. The number of aromatic nitrogens is 4. The number of carbonyl (C=O) groups is 1. The molecule has 3 rings (SSSR count). The zero-order valence-corrected chi connectivity index (χ0v) is 15.0. The van der Waals surface area contributed by atoms with Gasteiger partial charge < -0.3 is 9.64 Å². The first-order valence-electron chi connectivity index (χ1n) is 8.17. The van der Waals surface area contributed by atoms with Crippen LogP contribution in [0, 0.1) is 0 Å². The topological polar surface area (TPSA) is 73.1 Å². The van der Waals surface area contributed by atoms with Gasteiger partial charge in [-0.05, 0) is 51.6 Å². The van der Waals surface area contributed by atoms with Crippen LogP contribution in [0.4, 0.5) is 4.79 Å². The van der Waals surface area contributed by atoms with E-state index in [0.29, 0.717) is 18.7 Å². The third kappa shape index (κ3) is 3.77. The van der Waals surface area contributed by atoms with Gasteiger partial charge in [-0.1, -0.05) is 0 Å². The molecule has 7 nitrogen and oxygen atoms in total. The van der Waals surface area contributed by atoms with Crippen LogP contribution < -0.4 is 0 Å². The molecule has 24 heavy (non-hydrogen) atoms. The lowest BCUT2D eigenvalue weighted by Gasteiger charge is -2.36. The Kier molecular flexibility index (Phi) is 4.62. The van der Waals surface area contributed by atoms with Crippen LogP contribution in [-0.4, -0.2) is 48.9 Å². The molecule has 0 aromatic carbocycles. The van der Waals surface area contributed by atoms with Crippen LogP contribution in [0.2, 0.25) is 5.28 Å². The summed E-state index contributed by atoms with van der Waals surface area (Å²) in [5.74, 6) is 0. The Morgan fingerprint density at radius 1 is 1.38 bits per heavy atom. The number of ether oxygens (including phenoxy) is 1. The number of halogens is 1. The highest BCUT2D eigenvalue weighted by Gasteiger charge is 2.31. The van der Waals surface area contributed by atoms with E-state index in [1.54, 1.807) is 17.1 Å². The van der Waals surface area contributed by atoms with Crippen LogP contribution in [0.5, 0.6) is 0 Å². The van der Waals surface area contributed by atoms with Crippen molar-refractivity contribution in [3.8, 4) is 0 Å². The summed E-state index contributed by atoms with van der Waals surface area (Å²) in [5.41, 5.74) is 0.183. The molecule has 0 N–H and O–H groups in total. The van der Waals surface area contributed by atoms with Crippen LogP contribution in [0.25, 0.3) is 11.0 Å². The quantitative estimate of drug-likeness (QED) is 0.776. The predicted molar refractivity (Wildman–Crippen MR) is 90.9 cm³/mol. The van der Waals surface area contributed by atoms with Crippen molar-refractivity contribution in [2.24, 2.45) is 0 Å². The molecule has 0 radical (unpaired) electrons. The van der Waals surface area contributed by atoms with Crippen LogP contribution >= 0.6 is 11.6 Å². The number of carbonyl (C=O) groups excluding carboxylic acids is 1. The number of piperidine rings is 1. The van der Waals surface area contributed by atoms with Crippen molar-refractivity contribution in [1.82, 2.24) is 24.6 Å². The Balaban J connectivity index is 1.80. The molecule has 0 bridgehead atoms. The summed E-state index contributed by atoms with van der Waals surface area (Å²) in [4.78, 5) is 22.5. The molecule has 1 atom stereocenters. The number of hydrogen-bond acceptors (Lipinski definition) is 5. The third-order valence-electron chi connectivity index (χ3n) is 3.99. The number of fused-ring (bicyclic) bond motifs is 1. The molecule has 3 heterocycles. The highest BCUT2D eigenvalue weighted by molar-refractivity contribution is 6.28. The molecule has 1 aliphatic rings. The summed E-state index contributed by atoms with van der Waals surface area (Å²) in [6.07, 6.45) is 6.09. The van der Waals surface area contributed by atoms with Crippen LogP contribution in [0.3, 0.4) is 0 Å². The van der Waals surface area contributed by atoms with Gasteiger partial charge in [-0.3, -0.25) is 0 Å². The van der Waals surface area contributed by atoms with Gasteiger partial charge >= 0.3 is 6.09 Å². The number of nitrogens with zero attached hydrogens (tertiary/aromatic N) is 5. The number of amides is 1. The van der Waals surface area contributed by atoms with E-state index in [4.69, 9.17) is 16.3 Å². The van der Waals surface area contributed by atoms with Crippen molar-refractivity contribution in [3.63, 3.8) is 0 Å². The molecule has 1 fully saturated rings. The first-order valence-corrected chi connectivity index (χ1v) is 8.55. The Morgan fingerprint density at radius 2 is 2.17 bits per heavy atom. The van der Waals surface area contributed by atoms with Crippen molar-refractivity contribution in [3.05, 3.63) is 17.7 Å². The molecule has 1 saturated heterocycles. The summed E-state index contributed by atoms with van der Waals surface area (Å²) in [5, 5.41) is 5.40. The normalized spacial score (nSPS) is 18.8. The Hall–Kier alpha value is -1.89. The average Bonchev–Trinajstić information content (AvgIpc) is 2.88. The van der Waals surface area contributed by atoms with Crippen LogP contribution in [-0.2, 0) is 11.3 Å². The molecule has 0 spiro atoms. The minimum Gasteiger partial charge on any atom is -0.444 e. The molecule has 2 aromatic rings. The first kappa shape index (κ1) is 17.0.